The highest BCUT2D eigenvalue weighted by molar-refractivity contribution is 6.11. The number of esters is 1. The number of cyclic esters (lactones) is 1. The van der Waals surface area contributed by atoms with Crippen molar-refractivity contribution >= 4 is 28.5 Å². The Balaban J connectivity index is 1.55. The zero-order valence-corrected chi connectivity index (χ0v) is 14.2. The Morgan fingerprint density at radius 3 is 2.93 bits per heavy atom. The number of amides is 1. The molecule has 2 aromatic carbocycles. The minimum absolute atomic E-state index is 0.140. The third-order valence-corrected chi connectivity index (χ3v) is 4.25. The lowest BCUT2D eigenvalue weighted by molar-refractivity contribution is -0.148. The number of hydrogen-bond acceptors (Lipinski definition) is 5. The fourth-order valence-corrected chi connectivity index (χ4v) is 2.80. The van der Waals surface area contributed by atoms with Crippen molar-refractivity contribution in [3.05, 3.63) is 59.8 Å². The molecule has 0 saturated carbocycles. The van der Waals surface area contributed by atoms with Crippen LogP contribution in [0.25, 0.3) is 10.9 Å². The fraction of sp³-hybridized carbons (Fsp3) is 0.150. The van der Waals surface area contributed by atoms with Crippen molar-refractivity contribution in [2.24, 2.45) is 0 Å². The number of ether oxygens (including phenoxy) is 1. The summed E-state index contributed by atoms with van der Waals surface area (Å²) in [4.78, 5) is 24.1. The Bertz CT molecular complexity index is 1110. The summed E-state index contributed by atoms with van der Waals surface area (Å²) >= 11 is 0. The van der Waals surface area contributed by atoms with Gasteiger partial charge in [-0.25, -0.2) is 4.79 Å². The Morgan fingerprint density at radius 2 is 2.11 bits per heavy atom. The number of H-pyrrole nitrogens is 1. The van der Waals surface area contributed by atoms with E-state index in [9.17, 15) is 14.7 Å². The SMILES string of the molecule is O=C(Nc1cccc(C#C[C@]2(O)CCOC2=O)c1)c1n[nH]c2ccccc12. The van der Waals surface area contributed by atoms with Crippen LogP contribution in [0, 0.1) is 11.8 Å². The van der Waals surface area contributed by atoms with Crippen molar-refractivity contribution in [3.8, 4) is 11.8 Å². The molecular formula is C20H15N3O4. The maximum atomic E-state index is 12.5. The van der Waals surface area contributed by atoms with E-state index in [4.69, 9.17) is 4.74 Å². The molecule has 27 heavy (non-hydrogen) atoms. The molecule has 1 aromatic heterocycles. The van der Waals surface area contributed by atoms with Gasteiger partial charge in [-0.15, -0.1) is 0 Å². The van der Waals surface area contributed by atoms with Crippen LogP contribution in [0.3, 0.4) is 0 Å². The molecule has 0 unspecified atom stereocenters. The molecule has 3 N–H and O–H groups in total. The number of benzene rings is 2. The molecule has 1 saturated heterocycles. The maximum Gasteiger partial charge on any atom is 0.351 e. The summed E-state index contributed by atoms with van der Waals surface area (Å²) in [6, 6.07) is 14.2. The van der Waals surface area contributed by atoms with Crippen molar-refractivity contribution < 1.29 is 19.4 Å². The molecule has 0 spiro atoms. The number of anilines is 1. The highest BCUT2D eigenvalue weighted by Gasteiger charge is 2.41. The van der Waals surface area contributed by atoms with Gasteiger partial charge in [0.25, 0.3) is 5.91 Å². The Hall–Kier alpha value is -3.63. The van der Waals surface area contributed by atoms with Crippen molar-refractivity contribution in [2.45, 2.75) is 12.0 Å². The van der Waals surface area contributed by atoms with Crippen LogP contribution in [0.5, 0.6) is 0 Å². The predicted octanol–water partition coefficient (Wildman–Crippen LogP) is 1.84. The monoisotopic (exact) mass is 361 g/mol. The van der Waals surface area contributed by atoms with Crippen LogP contribution in [-0.2, 0) is 9.53 Å². The quantitative estimate of drug-likeness (QED) is 0.477. The Morgan fingerprint density at radius 1 is 1.26 bits per heavy atom. The average molecular weight is 361 g/mol. The molecule has 1 aliphatic rings. The number of carbonyl (C=O) groups excluding carboxylic acids is 2. The Kier molecular flexibility index (Phi) is 4.11. The molecule has 7 heteroatoms. The molecule has 7 nitrogen and oxygen atoms in total. The number of aliphatic hydroxyl groups is 1. The molecule has 0 aliphatic carbocycles. The molecule has 1 amide bonds. The van der Waals surface area contributed by atoms with Crippen LogP contribution in [0.4, 0.5) is 5.69 Å². The van der Waals surface area contributed by atoms with Gasteiger partial charge in [0.05, 0.1) is 12.1 Å². The molecular weight excluding hydrogens is 346 g/mol. The van der Waals surface area contributed by atoms with E-state index in [2.05, 4.69) is 27.4 Å². The Labute approximate surface area is 154 Å². The highest BCUT2D eigenvalue weighted by atomic mass is 16.6. The molecule has 134 valence electrons. The summed E-state index contributed by atoms with van der Waals surface area (Å²) in [6.45, 7) is 0.151. The number of nitrogens with zero attached hydrogens (tertiary/aromatic N) is 1. The number of para-hydroxylation sites is 1. The molecule has 3 aromatic rings. The van der Waals surface area contributed by atoms with E-state index in [1.807, 2.05) is 24.3 Å². The van der Waals surface area contributed by atoms with Gasteiger partial charge in [0, 0.05) is 23.1 Å². The van der Waals surface area contributed by atoms with Crippen LogP contribution in [0.1, 0.15) is 22.5 Å². The number of fused-ring (bicyclic) bond motifs is 1. The number of aromatic amines is 1. The topological polar surface area (TPSA) is 104 Å². The van der Waals surface area contributed by atoms with Gasteiger partial charge < -0.3 is 15.2 Å². The second kappa shape index (κ2) is 6.59. The number of hydrogen-bond donors (Lipinski definition) is 3. The standard InChI is InChI=1S/C20H15N3O4/c24-18(17-15-6-1-2-7-16(15)22-23-17)21-14-5-3-4-13(12-14)8-9-20(26)10-11-27-19(20)25/h1-7,12,26H,10-11H2,(H,21,24)(H,22,23)/t20-/m0/s1. The number of aromatic nitrogens is 2. The normalized spacial score (nSPS) is 18.6. The largest absolute Gasteiger partial charge is 0.463 e. The van der Waals surface area contributed by atoms with E-state index in [1.54, 1.807) is 24.3 Å². The van der Waals surface area contributed by atoms with Gasteiger partial charge in [0.1, 0.15) is 0 Å². The van der Waals surface area contributed by atoms with Crippen molar-refractivity contribution in [1.82, 2.24) is 10.2 Å². The van der Waals surface area contributed by atoms with Crippen LogP contribution in [-0.4, -0.2) is 39.4 Å². The van der Waals surface area contributed by atoms with Gasteiger partial charge in [0.15, 0.2) is 5.69 Å². The molecule has 2 heterocycles. The maximum absolute atomic E-state index is 12.5. The zero-order chi connectivity index (χ0) is 18.9. The lowest BCUT2D eigenvalue weighted by atomic mass is 10.0. The van der Waals surface area contributed by atoms with E-state index in [1.165, 1.54) is 0 Å². The summed E-state index contributed by atoms with van der Waals surface area (Å²) in [7, 11) is 0. The van der Waals surface area contributed by atoms with Gasteiger partial charge in [-0.3, -0.25) is 9.89 Å². The smallest absolute Gasteiger partial charge is 0.351 e. The summed E-state index contributed by atoms with van der Waals surface area (Å²) in [5, 5.41) is 20.5. The third kappa shape index (κ3) is 3.26. The molecule has 0 radical (unpaired) electrons. The first-order valence-electron chi connectivity index (χ1n) is 8.32. The van der Waals surface area contributed by atoms with E-state index in [-0.39, 0.29) is 18.9 Å². The average Bonchev–Trinajstić information content (AvgIpc) is 3.24. The lowest BCUT2D eigenvalue weighted by Crippen LogP contribution is -2.31. The second-order valence-electron chi connectivity index (χ2n) is 6.15. The van der Waals surface area contributed by atoms with Crippen molar-refractivity contribution in [3.63, 3.8) is 0 Å². The second-order valence-corrected chi connectivity index (χ2v) is 6.15. The van der Waals surface area contributed by atoms with Crippen LogP contribution >= 0.6 is 0 Å². The van der Waals surface area contributed by atoms with Crippen molar-refractivity contribution in [1.29, 1.82) is 0 Å². The predicted molar refractivity (Wildman–Crippen MR) is 97.9 cm³/mol. The van der Waals surface area contributed by atoms with Gasteiger partial charge in [-0.1, -0.05) is 36.1 Å². The summed E-state index contributed by atoms with van der Waals surface area (Å²) in [6.07, 6.45) is 0.140. The minimum atomic E-state index is -1.77. The molecule has 0 bridgehead atoms. The van der Waals surface area contributed by atoms with E-state index in [0.717, 1.165) is 10.9 Å². The number of rotatable bonds is 2. The summed E-state index contributed by atoms with van der Waals surface area (Å²) < 4.78 is 4.75. The zero-order valence-electron chi connectivity index (χ0n) is 14.2. The number of nitrogens with one attached hydrogen (secondary N) is 2. The van der Waals surface area contributed by atoms with Gasteiger partial charge in [-0.05, 0) is 24.3 Å². The first kappa shape index (κ1) is 16.8. The minimum Gasteiger partial charge on any atom is -0.463 e. The fourth-order valence-electron chi connectivity index (χ4n) is 2.80. The first-order valence-corrected chi connectivity index (χ1v) is 8.32. The van der Waals surface area contributed by atoms with Crippen LogP contribution in [0.2, 0.25) is 0 Å². The number of carbonyl (C=O) groups is 2. The highest BCUT2D eigenvalue weighted by Crippen LogP contribution is 2.20. The van der Waals surface area contributed by atoms with Crippen LogP contribution < -0.4 is 5.32 Å². The van der Waals surface area contributed by atoms with Crippen molar-refractivity contribution in [2.75, 3.05) is 11.9 Å². The van der Waals surface area contributed by atoms with Gasteiger partial charge >= 0.3 is 5.97 Å². The van der Waals surface area contributed by atoms with Gasteiger partial charge in [0.2, 0.25) is 5.60 Å². The third-order valence-electron chi connectivity index (χ3n) is 4.25. The molecule has 1 atom stereocenters. The molecule has 1 fully saturated rings. The van der Waals surface area contributed by atoms with Gasteiger partial charge in [-0.2, -0.15) is 5.10 Å². The van der Waals surface area contributed by atoms with E-state index >= 15 is 0 Å². The van der Waals surface area contributed by atoms with Crippen LogP contribution in [0.15, 0.2) is 48.5 Å². The van der Waals surface area contributed by atoms with E-state index in [0.29, 0.717) is 16.9 Å². The summed E-state index contributed by atoms with van der Waals surface area (Å²) in [5.41, 5.74) is 0.379. The molecule has 4 rings (SSSR count). The van der Waals surface area contributed by atoms with E-state index < -0.39 is 11.6 Å². The summed E-state index contributed by atoms with van der Waals surface area (Å²) in [5.74, 6) is 4.24. The first-order chi connectivity index (χ1) is 13.0. The molecule has 1 aliphatic heterocycles. The lowest BCUT2D eigenvalue weighted by Gasteiger charge is -2.08.